The van der Waals surface area contributed by atoms with Crippen LogP contribution >= 0.6 is 0 Å². The van der Waals surface area contributed by atoms with Crippen molar-refractivity contribution < 1.29 is 19.1 Å². The van der Waals surface area contributed by atoms with Gasteiger partial charge in [-0.3, -0.25) is 0 Å². The van der Waals surface area contributed by atoms with Gasteiger partial charge in [-0.1, -0.05) is 39.8 Å². The van der Waals surface area contributed by atoms with E-state index >= 15 is 0 Å². The highest BCUT2D eigenvalue weighted by atomic mass is 16.5. The summed E-state index contributed by atoms with van der Waals surface area (Å²) in [5, 5.41) is 0. The van der Waals surface area contributed by atoms with Crippen molar-refractivity contribution in [2.24, 2.45) is 11.8 Å². The van der Waals surface area contributed by atoms with Gasteiger partial charge in [0.15, 0.2) is 0 Å². The van der Waals surface area contributed by atoms with Crippen LogP contribution in [0.25, 0.3) is 0 Å². The fourth-order valence-corrected chi connectivity index (χ4v) is 2.46. The van der Waals surface area contributed by atoms with Crippen LogP contribution in [-0.2, 0) is 19.1 Å². The third-order valence-electron chi connectivity index (χ3n) is 3.76. The molecular formula is C18H30O4. The van der Waals surface area contributed by atoms with Crippen LogP contribution in [0.4, 0.5) is 0 Å². The van der Waals surface area contributed by atoms with E-state index in [0.29, 0.717) is 30.6 Å². The van der Waals surface area contributed by atoms with Gasteiger partial charge in [-0.05, 0) is 38.0 Å². The number of hydrogen-bond donors (Lipinski definition) is 0. The molecular weight excluding hydrogens is 280 g/mol. The van der Waals surface area contributed by atoms with Crippen LogP contribution in [-0.4, -0.2) is 25.2 Å². The molecule has 0 amide bonds. The topological polar surface area (TPSA) is 52.6 Å². The van der Waals surface area contributed by atoms with E-state index in [2.05, 4.69) is 27.0 Å². The molecule has 22 heavy (non-hydrogen) atoms. The standard InChI is InChI=1S/C18H30O4/c1-6-10-16(11-9-12-21-18(20)14(4)5)15(7-2)13-22-17(19)8-3/h8,15-16H,3-4,6-7,9-13H2,1-2,5H3. The van der Waals surface area contributed by atoms with Gasteiger partial charge in [0.2, 0.25) is 0 Å². The lowest BCUT2D eigenvalue weighted by atomic mass is 9.84. The maximum absolute atomic E-state index is 11.3. The van der Waals surface area contributed by atoms with Crippen LogP contribution in [0.1, 0.15) is 52.9 Å². The van der Waals surface area contributed by atoms with Crippen molar-refractivity contribution in [2.75, 3.05) is 13.2 Å². The summed E-state index contributed by atoms with van der Waals surface area (Å²) in [6, 6.07) is 0. The van der Waals surface area contributed by atoms with Gasteiger partial charge >= 0.3 is 11.9 Å². The van der Waals surface area contributed by atoms with E-state index in [9.17, 15) is 9.59 Å². The third kappa shape index (κ3) is 8.65. The molecule has 126 valence electrons. The molecule has 0 saturated heterocycles. The number of ether oxygens (including phenoxy) is 2. The average molecular weight is 310 g/mol. The van der Waals surface area contributed by atoms with Crippen molar-refractivity contribution in [3.63, 3.8) is 0 Å². The minimum atomic E-state index is -0.371. The summed E-state index contributed by atoms with van der Waals surface area (Å²) >= 11 is 0. The molecule has 0 aromatic carbocycles. The Morgan fingerprint density at radius 1 is 1.14 bits per heavy atom. The maximum Gasteiger partial charge on any atom is 0.333 e. The lowest BCUT2D eigenvalue weighted by molar-refractivity contribution is -0.141. The van der Waals surface area contributed by atoms with E-state index in [-0.39, 0.29) is 11.9 Å². The van der Waals surface area contributed by atoms with Crippen LogP contribution < -0.4 is 0 Å². The fourth-order valence-electron chi connectivity index (χ4n) is 2.46. The minimum absolute atomic E-state index is 0.334. The summed E-state index contributed by atoms with van der Waals surface area (Å²) < 4.78 is 10.3. The first-order valence-electron chi connectivity index (χ1n) is 8.07. The van der Waals surface area contributed by atoms with Gasteiger partial charge in [0.25, 0.3) is 0 Å². The van der Waals surface area contributed by atoms with Gasteiger partial charge in [0.1, 0.15) is 0 Å². The summed E-state index contributed by atoms with van der Waals surface area (Å²) in [6.07, 6.45) is 6.09. The van der Waals surface area contributed by atoms with E-state index in [1.807, 2.05) is 0 Å². The van der Waals surface area contributed by atoms with Gasteiger partial charge in [-0.25, -0.2) is 9.59 Å². The highest BCUT2D eigenvalue weighted by Crippen LogP contribution is 2.26. The Morgan fingerprint density at radius 3 is 2.32 bits per heavy atom. The molecule has 0 bridgehead atoms. The predicted octanol–water partition coefficient (Wildman–Crippen LogP) is 4.06. The molecule has 0 aliphatic carbocycles. The Bertz CT molecular complexity index is 373. The van der Waals surface area contributed by atoms with E-state index in [1.54, 1.807) is 6.92 Å². The minimum Gasteiger partial charge on any atom is -0.462 e. The van der Waals surface area contributed by atoms with Crippen molar-refractivity contribution in [3.05, 3.63) is 24.8 Å². The van der Waals surface area contributed by atoms with Gasteiger partial charge < -0.3 is 9.47 Å². The van der Waals surface area contributed by atoms with Gasteiger partial charge in [-0.15, -0.1) is 0 Å². The quantitative estimate of drug-likeness (QED) is 0.310. The van der Waals surface area contributed by atoms with Gasteiger partial charge in [0, 0.05) is 11.6 Å². The summed E-state index contributed by atoms with van der Waals surface area (Å²) in [6.45, 7) is 13.7. The molecule has 0 spiro atoms. The second kappa shape index (κ2) is 12.0. The third-order valence-corrected chi connectivity index (χ3v) is 3.76. The molecule has 0 aliphatic rings. The molecule has 0 aromatic heterocycles. The second-order valence-corrected chi connectivity index (χ2v) is 5.61. The van der Waals surface area contributed by atoms with Crippen molar-refractivity contribution >= 4 is 11.9 Å². The Kier molecular flexibility index (Phi) is 11.2. The Hall–Kier alpha value is -1.58. The van der Waals surface area contributed by atoms with Crippen molar-refractivity contribution in [1.82, 2.24) is 0 Å². The zero-order valence-corrected chi connectivity index (χ0v) is 14.2. The molecule has 4 nitrogen and oxygen atoms in total. The van der Waals surface area contributed by atoms with Crippen LogP contribution in [0.5, 0.6) is 0 Å². The molecule has 2 atom stereocenters. The summed E-state index contributed by atoms with van der Waals surface area (Å²) in [5.41, 5.74) is 0.424. The number of rotatable bonds is 12. The Balaban J connectivity index is 4.30. The van der Waals surface area contributed by atoms with Crippen LogP contribution in [0.15, 0.2) is 24.8 Å². The van der Waals surface area contributed by atoms with Crippen molar-refractivity contribution in [2.45, 2.75) is 52.9 Å². The van der Waals surface area contributed by atoms with Crippen molar-refractivity contribution in [1.29, 1.82) is 0 Å². The molecule has 2 unspecified atom stereocenters. The zero-order chi connectivity index (χ0) is 17.0. The summed E-state index contributed by atoms with van der Waals surface area (Å²) in [4.78, 5) is 22.5. The SMILES string of the molecule is C=CC(=O)OCC(CC)C(CCC)CCCOC(=O)C(=C)C. The number of carbonyl (C=O) groups is 2. The van der Waals surface area contributed by atoms with Gasteiger partial charge in [-0.2, -0.15) is 0 Å². The normalized spacial score (nSPS) is 13.0. The lowest BCUT2D eigenvalue weighted by Crippen LogP contribution is -2.22. The summed E-state index contributed by atoms with van der Waals surface area (Å²) in [5.74, 6) is 0.0971. The van der Waals surface area contributed by atoms with Crippen molar-refractivity contribution in [3.8, 4) is 0 Å². The van der Waals surface area contributed by atoms with Gasteiger partial charge in [0.05, 0.1) is 13.2 Å². The first kappa shape index (κ1) is 20.4. The smallest absolute Gasteiger partial charge is 0.333 e. The lowest BCUT2D eigenvalue weighted by Gasteiger charge is -2.25. The first-order valence-corrected chi connectivity index (χ1v) is 8.07. The first-order chi connectivity index (χ1) is 10.5. The largest absolute Gasteiger partial charge is 0.462 e. The Labute approximate surface area is 134 Å². The maximum atomic E-state index is 11.3. The highest BCUT2D eigenvalue weighted by molar-refractivity contribution is 5.86. The molecule has 0 rings (SSSR count). The molecule has 0 aliphatic heterocycles. The number of carbonyl (C=O) groups excluding carboxylic acids is 2. The predicted molar refractivity (Wildman–Crippen MR) is 88.3 cm³/mol. The fraction of sp³-hybridized carbons (Fsp3) is 0.667. The number of esters is 2. The highest BCUT2D eigenvalue weighted by Gasteiger charge is 2.20. The van der Waals surface area contributed by atoms with E-state index in [0.717, 1.165) is 32.1 Å². The number of hydrogen-bond acceptors (Lipinski definition) is 4. The van der Waals surface area contributed by atoms with E-state index in [1.165, 1.54) is 6.08 Å². The van der Waals surface area contributed by atoms with Crippen LogP contribution in [0.2, 0.25) is 0 Å². The molecule has 0 heterocycles. The van der Waals surface area contributed by atoms with Crippen LogP contribution in [0.3, 0.4) is 0 Å². The molecule has 0 radical (unpaired) electrons. The van der Waals surface area contributed by atoms with Crippen LogP contribution in [0, 0.1) is 11.8 Å². The van der Waals surface area contributed by atoms with E-state index in [4.69, 9.17) is 9.47 Å². The zero-order valence-electron chi connectivity index (χ0n) is 14.2. The summed E-state index contributed by atoms with van der Waals surface area (Å²) in [7, 11) is 0. The molecule has 4 heteroatoms. The second-order valence-electron chi connectivity index (χ2n) is 5.61. The molecule has 0 aromatic rings. The molecule has 0 fully saturated rings. The molecule has 0 N–H and O–H groups in total. The van der Waals surface area contributed by atoms with E-state index < -0.39 is 0 Å². The molecule has 0 saturated carbocycles. The average Bonchev–Trinajstić information content (AvgIpc) is 2.50. The monoisotopic (exact) mass is 310 g/mol. The Morgan fingerprint density at radius 2 is 1.82 bits per heavy atom.